The largest absolute Gasteiger partial charge is 0.384 e. The van der Waals surface area contributed by atoms with E-state index in [2.05, 4.69) is 28.9 Å². The number of nitrogen functional groups attached to an aromatic ring is 1. The number of nitrogens with two attached hydrogens (primary N) is 1. The third-order valence-corrected chi connectivity index (χ3v) is 3.90. The molecule has 0 saturated carbocycles. The van der Waals surface area contributed by atoms with Crippen LogP contribution in [0.1, 0.15) is 24.0 Å². The summed E-state index contributed by atoms with van der Waals surface area (Å²) < 4.78 is 0. The summed E-state index contributed by atoms with van der Waals surface area (Å²) in [6.45, 7) is 3.92. The van der Waals surface area contributed by atoms with Crippen molar-refractivity contribution in [1.82, 2.24) is 9.88 Å². The number of hydrogen-bond donors (Lipinski definition) is 2. The number of pyridine rings is 1. The summed E-state index contributed by atoms with van der Waals surface area (Å²) in [5.74, 6) is 0.972. The van der Waals surface area contributed by atoms with Gasteiger partial charge in [-0.1, -0.05) is 0 Å². The van der Waals surface area contributed by atoms with Gasteiger partial charge in [0.2, 0.25) is 0 Å². The van der Waals surface area contributed by atoms with Crippen molar-refractivity contribution in [3.63, 3.8) is 0 Å². The van der Waals surface area contributed by atoms with Gasteiger partial charge in [0.25, 0.3) is 0 Å². The molecule has 0 amide bonds. The second kappa shape index (κ2) is 5.57. The molecule has 0 unspecified atom stereocenters. The zero-order valence-corrected chi connectivity index (χ0v) is 12.0. The fourth-order valence-corrected chi connectivity index (χ4v) is 2.71. The van der Waals surface area contributed by atoms with E-state index in [-0.39, 0.29) is 5.84 Å². The summed E-state index contributed by atoms with van der Waals surface area (Å²) in [7, 11) is 4.26. The molecule has 19 heavy (non-hydrogen) atoms. The van der Waals surface area contributed by atoms with E-state index in [1.54, 1.807) is 6.20 Å². The van der Waals surface area contributed by atoms with Gasteiger partial charge in [-0.25, -0.2) is 4.98 Å². The Morgan fingerprint density at radius 3 is 2.58 bits per heavy atom. The number of rotatable bonds is 3. The summed E-state index contributed by atoms with van der Waals surface area (Å²) in [6, 6.07) is 2.55. The third-order valence-electron chi connectivity index (χ3n) is 3.90. The van der Waals surface area contributed by atoms with Crippen molar-refractivity contribution >= 4 is 11.7 Å². The summed E-state index contributed by atoms with van der Waals surface area (Å²) in [6.07, 6.45) is 4.05. The molecule has 1 aromatic rings. The maximum atomic E-state index is 7.75. The SMILES string of the molecule is Cc1ccnc(N2CCC(N(C)C)CC2)c1C(=N)N. The monoisotopic (exact) mass is 261 g/mol. The van der Waals surface area contributed by atoms with Crippen LogP contribution < -0.4 is 10.6 Å². The summed E-state index contributed by atoms with van der Waals surface area (Å²) >= 11 is 0. The summed E-state index contributed by atoms with van der Waals surface area (Å²) in [5, 5.41) is 7.75. The first kappa shape index (κ1) is 13.8. The molecule has 5 heteroatoms. The normalized spacial score (nSPS) is 16.9. The number of piperidine rings is 1. The molecule has 2 rings (SSSR count). The van der Waals surface area contributed by atoms with Crippen molar-refractivity contribution in [2.45, 2.75) is 25.8 Å². The van der Waals surface area contributed by atoms with Crippen LogP contribution in [0, 0.1) is 12.3 Å². The molecule has 1 fully saturated rings. The Bertz CT molecular complexity index is 461. The molecule has 3 N–H and O–H groups in total. The van der Waals surface area contributed by atoms with Crippen molar-refractivity contribution < 1.29 is 0 Å². The molecule has 1 saturated heterocycles. The van der Waals surface area contributed by atoms with Gasteiger partial charge in [-0.3, -0.25) is 5.41 Å². The number of aromatic nitrogens is 1. The van der Waals surface area contributed by atoms with Crippen LogP contribution >= 0.6 is 0 Å². The van der Waals surface area contributed by atoms with Crippen LogP contribution in [0.3, 0.4) is 0 Å². The number of nitrogens with zero attached hydrogens (tertiary/aromatic N) is 3. The van der Waals surface area contributed by atoms with Crippen LogP contribution in [0.15, 0.2) is 12.3 Å². The first-order valence-electron chi connectivity index (χ1n) is 6.72. The van der Waals surface area contributed by atoms with Crippen LogP contribution in [-0.4, -0.2) is 48.9 Å². The highest BCUT2D eigenvalue weighted by molar-refractivity contribution is 6.01. The van der Waals surface area contributed by atoms with Crippen molar-refractivity contribution in [1.29, 1.82) is 5.41 Å². The minimum atomic E-state index is 0.107. The Balaban J connectivity index is 2.20. The lowest BCUT2D eigenvalue weighted by molar-refractivity contribution is 0.249. The average molecular weight is 261 g/mol. The highest BCUT2D eigenvalue weighted by atomic mass is 15.2. The van der Waals surface area contributed by atoms with Gasteiger partial charge in [-0.2, -0.15) is 0 Å². The van der Waals surface area contributed by atoms with Crippen LogP contribution in [0.2, 0.25) is 0 Å². The standard InChI is InChI=1S/C14H23N5/c1-10-4-7-17-14(12(10)13(15)16)19-8-5-11(6-9-19)18(2)3/h4,7,11H,5-6,8-9H2,1-3H3,(H3,15,16). The topological polar surface area (TPSA) is 69.2 Å². The number of anilines is 1. The Kier molecular flexibility index (Phi) is 4.04. The molecule has 1 aromatic heterocycles. The van der Waals surface area contributed by atoms with Gasteiger partial charge in [-0.15, -0.1) is 0 Å². The molecule has 0 atom stereocenters. The first-order chi connectivity index (χ1) is 9.00. The highest BCUT2D eigenvalue weighted by Crippen LogP contribution is 2.24. The molecule has 0 aromatic carbocycles. The lowest BCUT2D eigenvalue weighted by Gasteiger charge is -2.36. The Morgan fingerprint density at radius 2 is 2.05 bits per heavy atom. The van der Waals surface area contributed by atoms with E-state index < -0.39 is 0 Å². The van der Waals surface area contributed by atoms with E-state index in [1.165, 1.54) is 0 Å². The van der Waals surface area contributed by atoms with Gasteiger partial charge in [0, 0.05) is 25.3 Å². The second-order valence-corrected chi connectivity index (χ2v) is 5.42. The van der Waals surface area contributed by atoms with Gasteiger partial charge in [0.15, 0.2) is 0 Å². The van der Waals surface area contributed by atoms with Crippen LogP contribution in [0.5, 0.6) is 0 Å². The van der Waals surface area contributed by atoms with E-state index in [1.807, 2.05) is 13.0 Å². The van der Waals surface area contributed by atoms with E-state index in [4.69, 9.17) is 11.1 Å². The Morgan fingerprint density at radius 1 is 1.42 bits per heavy atom. The predicted molar refractivity (Wildman–Crippen MR) is 78.9 cm³/mol. The van der Waals surface area contributed by atoms with Gasteiger partial charge in [0.05, 0.1) is 5.56 Å². The van der Waals surface area contributed by atoms with Crippen molar-refractivity contribution in [3.8, 4) is 0 Å². The number of nitrogens with one attached hydrogen (secondary N) is 1. The molecule has 0 spiro atoms. The van der Waals surface area contributed by atoms with Crippen molar-refractivity contribution in [2.75, 3.05) is 32.1 Å². The quantitative estimate of drug-likeness (QED) is 0.634. The van der Waals surface area contributed by atoms with Gasteiger partial charge in [0.1, 0.15) is 11.7 Å². The molecule has 0 radical (unpaired) electrons. The second-order valence-electron chi connectivity index (χ2n) is 5.42. The highest BCUT2D eigenvalue weighted by Gasteiger charge is 2.24. The summed E-state index contributed by atoms with van der Waals surface area (Å²) in [4.78, 5) is 8.98. The molecular weight excluding hydrogens is 238 g/mol. The minimum absolute atomic E-state index is 0.107. The minimum Gasteiger partial charge on any atom is -0.384 e. The van der Waals surface area contributed by atoms with E-state index in [9.17, 15) is 0 Å². The van der Waals surface area contributed by atoms with E-state index in [0.29, 0.717) is 6.04 Å². The molecule has 104 valence electrons. The molecule has 5 nitrogen and oxygen atoms in total. The lowest BCUT2D eigenvalue weighted by atomic mass is 10.0. The lowest BCUT2D eigenvalue weighted by Crippen LogP contribution is -2.43. The Labute approximate surface area is 114 Å². The summed E-state index contributed by atoms with van der Waals surface area (Å²) in [5.41, 5.74) is 7.51. The predicted octanol–water partition coefficient (Wildman–Crippen LogP) is 1.20. The van der Waals surface area contributed by atoms with E-state index >= 15 is 0 Å². The third kappa shape index (κ3) is 2.87. The molecule has 0 bridgehead atoms. The first-order valence-corrected chi connectivity index (χ1v) is 6.72. The zero-order valence-electron chi connectivity index (χ0n) is 12.0. The molecule has 0 aliphatic carbocycles. The number of aryl methyl sites for hydroxylation is 1. The zero-order chi connectivity index (χ0) is 14.0. The maximum absolute atomic E-state index is 7.75. The average Bonchev–Trinajstić information content (AvgIpc) is 2.38. The van der Waals surface area contributed by atoms with Crippen LogP contribution in [0.4, 0.5) is 5.82 Å². The van der Waals surface area contributed by atoms with Gasteiger partial charge < -0.3 is 15.5 Å². The maximum Gasteiger partial charge on any atom is 0.139 e. The number of hydrogen-bond acceptors (Lipinski definition) is 4. The Hall–Kier alpha value is -1.62. The molecular formula is C14H23N5. The molecule has 2 heterocycles. The molecule has 1 aliphatic rings. The fourth-order valence-electron chi connectivity index (χ4n) is 2.71. The van der Waals surface area contributed by atoms with Gasteiger partial charge in [-0.05, 0) is 45.5 Å². The molecule has 1 aliphatic heterocycles. The van der Waals surface area contributed by atoms with Crippen LogP contribution in [-0.2, 0) is 0 Å². The fraction of sp³-hybridized carbons (Fsp3) is 0.571. The van der Waals surface area contributed by atoms with Gasteiger partial charge >= 0.3 is 0 Å². The van der Waals surface area contributed by atoms with Crippen molar-refractivity contribution in [3.05, 3.63) is 23.4 Å². The number of amidine groups is 1. The van der Waals surface area contributed by atoms with E-state index in [0.717, 1.165) is 42.9 Å². The smallest absolute Gasteiger partial charge is 0.139 e. The van der Waals surface area contributed by atoms with Crippen LogP contribution in [0.25, 0.3) is 0 Å². The van der Waals surface area contributed by atoms with Crippen molar-refractivity contribution in [2.24, 2.45) is 5.73 Å².